The Balaban J connectivity index is 0.00000324. The summed E-state index contributed by atoms with van der Waals surface area (Å²) in [4.78, 5) is 18.6. The van der Waals surface area contributed by atoms with E-state index in [-0.39, 0.29) is 48.0 Å². The van der Waals surface area contributed by atoms with Gasteiger partial charge in [-0.25, -0.2) is 9.97 Å². The monoisotopic (exact) mass is 1100 g/mol. The lowest BCUT2D eigenvalue weighted by Crippen LogP contribution is -3.00. The van der Waals surface area contributed by atoms with Gasteiger partial charge in [-0.1, -0.05) is 84.9 Å². The minimum Gasteiger partial charge on any atom is -1.00 e. The molecule has 10 heteroatoms. The molecule has 0 saturated carbocycles. The van der Waals surface area contributed by atoms with Crippen LogP contribution in [0, 0.1) is 0 Å². The first-order valence-corrected chi connectivity index (χ1v) is 22.3. The Labute approximate surface area is 423 Å². The molecule has 8 bridgehead atoms. The van der Waals surface area contributed by atoms with Crippen molar-refractivity contribution in [1.29, 1.82) is 0 Å². The second-order valence-corrected chi connectivity index (χ2v) is 18.7. The zero-order valence-corrected chi connectivity index (χ0v) is 42.9. The van der Waals surface area contributed by atoms with Gasteiger partial charge in [-0.3, -0.25) is 0 Å². The summed E-state index contributed by atoms with van der Waals surface area (Å²) in [5.74, 6) is 1.71. The maximum absolute atomic E-state index is 6.22. The van der Waals surface area contributed by atoms with Crippen molar-refractivity contribution in [2.24, 2.45) is 0 Å². The fourth-order valence-electron chi connectivity index (χ4n) is 8.52. The normalized spacial score (nSPS) is 12.1. The van der Waals surface area contributed by atoms with Gasteiger partial charge in [-0.05, 0) is 95.1 Å². The summed E-state index contributed by atoms with van der Waals surface area (Å²) in [5, 5.41) is 0. The van der Waals surface area contributed by atoms with Crippen molar-refractivity contribution < 1.29 is 66.4 Å². The number of fused-ring (bicyclic) bond motifs is 8. The summed E-state index contributed by atoms with van der Waals surface area (Å²) in [6.07, 6.45) is 10.5. The van der Waals surface area contributed by atoms with Crippen LogP contribution < -0.4 is 57.4 Å². The minimum atomic E-state index is 0. The fourth-order valence-corrected chi connectivity index (χ4v) is 8.52. The molecule has 0 fully saturated rings. The van der Waals surface area contributed by atoms with Gasteiger partial charge in [0.15, 0.2) is 0 Å². The Bertz CT molecular complexity index is 2860. The average Bonchev–Trinajstić information content (AvgIpc) is 4.13. The fraction of sp³-hybridized carbons (Fsp3) is 0.214. The standard InChI is InChI=1S/C56H58N6O2.2HI/c1-61(2,3)35-13-37-63-43-23-19-41(20-24-43)55-49-31-27-45(57-49)53(39-15-9-7-10-16-39)47-29-33-51(59-47)56(42-21-25-44(26-22-42)64-38-14-36-62(4,5)6)52-34-30-48(60-52)54(40-17-11-8-12-18-40)46-28-32-50(55)58-46;;/h7-12,15-34,57-58H,13-14,35-38H2,1-6H3;2*1H/q+2;;/p-2. The molecule has 4 aromatic carbocycles. The number of halogens is 2. The van der Waals surface area contributed by atoms with E-state index < -0.39 is 0 Å². The Morgan fingerprint density at radius 3 is 1.06 bits per heavy atom. The van der Waals surface area contributed by atoms with Gasteiger partial charge in [0.25, 0.3) is 0 Å². The minimum absolute atomic E-state index is 0. The number of aromatic nitrogens is 4. The SMILES string of the molecule is C[N+](C)(C)CCCOc1ccc(-c2c3nc(c(-c4ccccc4)c4ccc([nH]4)c(-c4ccc(OCCC[N+](C)(C)C)cc4)c4ccc([nH]4)c(-c4ccccc4)c4nc2C=C4)C=C3)cc1.[I-].[I-]. The van der Waals surface area contributed by atoms with E-state index in [9.17, 15) is 0 Å². The molecule has 0 aliphatic carbocycles. The first kappa shape index (κ1) is 48.4. The molecule has 2 aliphatic rings. The third kappa shape index (κ3) is 11.3. The van der Waals surface area contributed by atoms with E-state index in [0.717, 1.165) is 136 Å². The number of H-pyrrole nitrogens is 2. The molecule has 0 spiro atoms. The molecule has 338 valence electrons. The third-order valence-corrected chi connectivity index (χ3v) is 11.6. The van der Waals surface area contributed by atoms with Crippen LogP contribution in [0.25, 0.3) is 90.9 Å². The molecule has 3 aromatic heterocycles. The van der Waals surface area contributed by atoms with E-state index in [2.05, 4.69) is 210 Å². The number of hydrogen-bond donors (Lipinski definition) is 2. The number of benzene rings is 4. The summed E-state index contributed by atoms with van der Waals surface area (Å²) < 4.78 is 14.3. The van der Waals surface area contributed by atoms with E-state index in [1.165, 1.54) is 0 Å². The molecular weight excluding hydrogens is 1040 g/mol. The molecule has 0 radical (unpaired) electrons. The van der Waals surface area contributed by atoms with Crippen molar-refractivity contribution in [1.82, 2.24) is 19.9 Å². The molecule has 9 rings (SSSR count). The summed E-state index contributed by atoms with van der Waals surface area (Å²) in [5.41, 5.74) is 15.6. The highest BCUT2D eigenvalue weighted by molar-refractivity contribution is 6.00. The molecule has 0 amide bonds. The third-order valence-electron chi connectivity index (χ3n) is 11.6. The molecule has 66 heavy (non-hydrogen) atoms. The van der Waals surface area contributed by atoms with Crippen molar-refractivity contribution >= 4 is 46.4 Å². The van der Waals surface area contributed by atoms with E-state index in [0.29, 0.717) is 13.2 Å². The Hall–Kier alpha value is -5.54. The second-order valence-electron chi connectivity index (χ2n) is 18.7. The van der Waals surface area contributed by atoms with Crippen LogP contribution in [0.5, 0.6) is 11.5 Å². The van der Waals surface area contributed by atoms with E-state index in [1.807, 2.05) is 0 Å². The van der Waals surface area contributed by atoms with Crippen LogP contribution in [0.3, 0.4) is 0 Å². The quantitative estimate of drug-likeness (QED) is 0.0765. The van der Waals surface area contributed by atoms with Gasteiger partial charge in [0.2, 0.25) is 0 Å². The molecule has 5 heterocycles. The van der Waals surface area contributed by atoms with Crippen LogP contribution in [0.15, 0.2) is 133 Å². The number of rotatable bonds is 14. The molecule has 8 nitrogen and oxygen atoms in total. The van der Waals surface area contributed by atoms with Crippen molar-refractivity contribution in [3.63, 3.8) is 0 Å². The molecule has 0 atom stereocenters. The number of quaternary nitrogens is 2. The number of nitrogens with zero attached hydrogens (tertiary/aromatic N) is 4. The van der Waals surface area contributed by atoms with Gasteiger partial charge < -0.3 is 76.4 Å². The molecule has 2 N–H and O–H groups in total. The summed E-state index contributed by atoms with van der Waals surface area (Å²) >= 11 is 0. The van der Waals surface area contributed by atoms with Gasteiger partial charge in [-0.2, -0.15) is 0 Å². The Morgan fingerprint density at radius 1 is 0.379 bits per heavy atom. The topological polar surface area (TPSA) is 75.8 Å². The number of hydrogen-bond acceptors (Lipinski definition) is 4. The number of ether oxygens (including phenoxy) is 2. The summed E-state index contributed by atoms with van der Waals surface area (Å²) in [7, 11) is 13.3. The lowest BCUT2D eigenvalue weighted by atomic mass is 10.0. The van der Waals surface area contributed by atoms with Gasteiger partial charge >= 0.3 is 0 Å². The predicted octanol–water partition coefficient (Wildman–Crippen LogP) is 6.28. The van der Waals surface area contributed by atoms with Crippen LogP contribution >= 0.6 is 0 Å². The lowest BCUT2D eigenvalue weighted by Gasteiger charge is -2.23. The molecular formula is C56H58I2N6O2. The van der Waals surface area contributed by atoms with Gasteiger partial charge in [0.05, 0.1) is 91.4 Å². The molecule has 0 unspecified atom stereocenters. The van der Waals surface area contributed by atoms with E-state index in [1.54, 1.807) is 0 Å². The number of aromatic amines is 2. The maximum atomic E-state index is 6.22. The maximum Gasteiger partial charge on any atom is 0.119 e. The largest absolute Gasteiger partial charge is 1.00 e. The second kappa shape index (κ2) is 21.0. The number of nitrogens with one attached hydrogen (secondary N) is 2. The zero-order valence-electron chi connectivity index (χ0n) is 38.6. The smallest absolute Gasteiger partial charge is 0.119 e. The zero-order chi connectivity index (χ0) is 44.3. The van der Waals surface area contributed by atoms with Gasteiger partial charge in [0.1, 0.15) is 11.5 Å². The molecule has 7 aromatic rings. The Kier molecular flexibility index (Phi) is 15.4. The Morgan fingerprint density at radius 2 is 0.697 bits per heavy atom. The van der Waals surface area contributed by atoms with Crippen molar-refractivity contribution in [3.05, 3.63) is 156 Å². The van der Waals surface area contributed by atoms with Crippen molar-refractivity contribution in [2.75, 3.05) is 68.6 Å². The highest BCUT2D eigenvalue weighted by Gasteiger charge is 2.20. The highest BCUT2D eigenvalue weighted by atomic mass is 127. The van der Waals surface area contributed by atoms with Crippen LogP contribution in [-0.4, -0.2) is 97.5 Å². The van der Waals surface area contributed by atoms with Crippen LogP contribution in [-0.2, 0) is 0 Å². The van der Waals surface area contributed by atoms with E-state index in [4.69, 9.17) is 19.4 Å². The van der Waals surface area contributed by atoms with Crippen molar-refractivity contribution in [3.8, 4) is 56.0 Å². The first-order chi connectivity index (χ1) is 31.0. The predicted molar refractivity (Wildman–Crippen MR) is 267 cm³/mol. The van der Waals surface area contributed by atoms with Crippen LogP contribution in [0.2, 0.25) is 0 Å². The van der Waals surface area contributed by atoms with Crippen molar-refractivity contribution in [2.45, 2.75) is 12.8 Å². The van der Waals surface area contributed by atoms with Gasteiger partial charge in [-0.15, -0.1) is 0 Å². The highest BCUT2D eigenvalue weighted by Crippen LogP contribution is 2.39. The first-order valence-electron chi connectivity index (χ1n) is 22.3. The average molecular weight is 1100 g/mol. The molecule has 2 aliphatic heterocycles. The van der Waals surface area contributed by atoms with Crippen LogP contribution in [0.4, 0.5) is 0 Å². The summed E-state index contributed by atoms with van der Waals surface area (Å²) in [6.45, 7) is 3.44. The van der Waals surface area contributed by atoms with Gasteiger partial charge in [0, 0.05) is 57.2 Å². The summed E-state index contributed by atoms with van der Waals surface area (Å²) in [6, 6.07) is 46.6. The lowest BCUT2D eigenvalue weighted by molar-refractivity contribution is -0.870. The molecule has 0 saturated heterocycles. The van der Waals surface area contributed by atoms with Crippen LogP contribution in [0.1, 0.15) is 35.6 Å². The van der Waals surface area contributed by atoms with E-state index >= 15 is 0 Å².